The van der Waals surface area contributed by atoms with Crippen LogP contribution in [-0.4, -0.2) is 11.4 Å². The first-order valence-electron chi connectivity index (χ1n) is 10.3. The molecule has 0 saturated carbocycles. The Labute approximate surface area is 169 Å². The van der Waals surface area contributed by atoms with Crippen LogP contribution in [-0.2, 0) is 24.2 Å². The monoisotopic (exact) mass is 376 g/mol. The third-order valence-electron chi connectivity index (χ3n) is 5.78. The van der Waals surface area contributed by atoms with E-state index in [1.165, 1.54) is 22.4 Å². The van der Waals surface area contributed by atoms with E-state index in [-0.39, 0.29) is 11.4 Å². The summed E-state index contributed by atoms with van der Waals surface area (Å²) < 4.78 is 0. The van der Waals surface area contributed by atoms with Crippen LogP contribution in [0.5, 0.6) is 0 Å². The number of nitrogens with one attached hydrogen (secondary N) is 1. The summed E-state index contributed by atoms with van der Waals surface area (Å²) in [5.41, 5.74) is 6.14. The van der Waals surface area contributed by atoms with E-state index >= 15 is 0 Å². The number of carbonyl (C=O) groups excluding carboxylic acids is 1. The number of amides is 1. The molecular weight excluding hydrogens is 344 g/mol. The Balaban J connectivity index is 1.78. The molecule has 3 rings (SSSR count). The standard InChI is InChI=1S/C25H32N2O/c1-5-25(3,4)26-24(28)17-14-19(2)27-18-22-12-7-6-10-20(22)15-16-21-11-8-9-13-23(21)27/h6-13H,2,5,14-18H2,1,3-4H3,(H,26,28). The maximum absolute atomic E-state index is 12.4. The third-order valence-corrected chi connectivity index (χ3v) is 5.78. The number of nitrogens with zero attached hydrogens (tertiary/aromatic N) is 1. The van der Waals surface area contributed by atoms with Crippen LogP contribution in [0.3, 0.4) is 0 Å². The minimum absolute atomic E-state index is 0.0914. The lowest BCUT2D eigenvalue weighted by molar-refractivity contribution is -0.122. The number of carbonyl (C=O) groups is 1. The number of hydrogen-bond acceptors (Lipinski definition) is 2. The highest BCUT2D eigenvalue weighted by molar-refractivity contribution is 5.77. The Bertz CT molecular complexity index is 853. The molecule has 0 saturated heterocycles. The van der Waals surface area contributed by atoms with Crippen molar-refractivity contribution in [1.82, 2.24) is 5.32 Å². The lowest BCUT2D eigenvalue weighted by atomic mass is 9.95. The van der Waals surface area contributed by atoms with Gasteiger partial charge in [0.1, 0.15) is 0 Å². The summed E-state index contributed by atoms with van der Waals surface area (Å²) in [6.07, 6.45) is 4.10. The molecule has 1 aliphatic rings. The topological polar surface area (TPSA) is 32.3 Å². The molecule has 3 nitrogen and oxygen atoms in total. The van der Waals surface area contributed by atoms with Gasteiger partial charge >= 0.3 is 0 Å². The predicted molar refractivity (Wildman–Crippen MR) is 117 cm³/mol. The first-order valence-corrected chi connectivity index (χ1v) is 10.3. The molecule has 0 bridgehead atoms. The second-order valence-corrected chi connectivity index (χ2v) is 8.34. The summed E-state index contributed by atoms with van der Waals surface area (Å²) in [6, 6.07) is 17.2. The zero-order chi connectivity index (χ0) is 20.1. The molecule has 0 aliphatic carbocycles. The number of para-hydroxylation sites is 1. The van der Waals surface area contributed by atoms with E-state index in [9.17, 15) is 4.79 Å². The molecule has 0 fully saturated rings. The molecule has 0 unspecified atom stereocenters. The first kappa shape index (κ1) is 20.2. The predicted octanol–water partition coefficient (Wildman–Crippen LogP) is 5.39. The van der Waals surface area contributed by atoms with E-state index in [0.29, 0.717) is 12.8 Å². The minimum atomic E-state index is -0.162. The average molecular weight is 377 g/mol. The van der Waals surface area contributed by atoms with E-state index in [2.05, 4.69) is 86.1 Å². The number of rotatable bonds is 6. The Morgan fingerprint density at radius 2 is 1.61 bits per heavy atom. The first-order chi connectivity index (χ1) is 13.4. The zero-order valence-corrected chi connectivity index (χ0v) is 17.4. The highest BCUT2D eigenvalue weighted by Gasteiger charge is 2.21. The molecule has 0 atom stereocenters. The van der Waals surface area contributed by atoms with Gasteiger partial charge in [0.25, 0.3) is 0 Å². The number of hydrogen-bond donors (Lipinski definition) is 1. The van der Waals surface area contributed by atoms with Crippen LogP contribution in [0.1, 0.15) is 56.7 Å². The van der Waals surface area contributed by atoms with E-state index in [0.717, 1.165) is 31.5 Å². The van der Waals surface area contributed by atoms with Crippen LogP contribution in [0.4, 0.5) is 5.69 Å². The van der Waals surface area contributed by atoms with Gasteiger partial charge in [-0.05, 0) is 62.3 Å². The summed E-state index contributed by atoms with van der Waals surface area (Å²) in [6.45, 7) is 11.4. The normalized spacial score (nSPS) is 13.8. The highest BCUT2D eigenvalue weighted by atomic mass is 16.1. The van der Waals surface area contributed by atoms with Gasteiger partial charge in [-0.15, -0.1) is 0 Å². The van der Waals surface area contributed by atoms with Gasteiger partial charge in [0.2, 0.25) is 5.91 Å². The Kier molecular flexibility index (Phi) is 6.23. The fraction of sp³-hybridized carbons (Fsp3) is 0.400. The molecule has 2 aromatic carbocycles. The molecule has 2 aromatic rings. The molecule has 0 aromatic heterocycles. The quantitative estimate of drug-likeness (QED) is 0.733. The molecule has 1 heterocycles. The lowest BCUT2D eigenvalue weighted by Crippen LogP contribution is -2.42. The van der Waals surface area contributed by atoms with E-state index in [1.807, 2.05) is 0 Å². The van der Waals surface area contributed by atoms with Crippen LogP contribution in [0.25, 0.3) is 0 Å². The molecule has 3 heteroatoms. The van der Waals surface area contributed by atoms with E-state index in [4.69, 9.17) is 0 Å². The molecular formula is C25H32N2O. The summed E-state index contributed by atoms with van der Waals surface area (Å²) in [5, 5.41) is 3.12. The van der Waals surface area contributed by atoms with Gasteiger partial charge in [-0.2, -0.15) is 0 Å². The van der Waals surface area contributed by atoms with Crippen LogP contribution in [0, 0.1) is 0 Å². The number of fused-ring (bicyclic) bond motifs is 2. The van der Waals surface area contributed by atoms with E-state index < -0.39 is 0 Å². The van der Waals surface area contributed by atoms with Crippen LogP contribution < -0.4 is 10.2 Å². The fourth-order valence-corrected chi connectivity index (χ4v) is 3.67. The van der Waals surface area contributed by atoms with Crippen molar-refractivity contribution in [3.8, 4) is 0 Å². The number of allylic oxidation sites excluding steroid dienone is 1. The third kappa shape index (κ3) is 4.83. The van der Waals surface area contributed by atoms with Crippen LogP contribution >= 0.6 is 0 Å². The lowest BCUT2D eigenvalue weighted by Gasteiger charge is -2.32. The Morgan fingerprint density at radius 3 is 2.32 bits per heavy atom. The van der Waals surface area contributed by atoms with E-state index in [1.54, 1.807) is 0 Å². The van der Waals surface area contributed by atoms with Gasteiger partial charge in [0.05, 0.1) is 0 Å². The van der Waals surface area contributed by atoms with Gasteiger partial charge in [-0.1, -0.05) is 56.0 Å². The minimum Gasteiger partial charge on any atom is -0.351 e. The Morgan fingerprint density at radius 1 is 1.00 bits per heavy atom. The van der Waals surface area contributed by atoms with Crippen molar-refractivity contribution in [3.63, 3.8) is 0 Å². The van der Waals surface area contributed by atoms with Crippen molar-refractivity contribution >= 4 is 11.6 Å². The second kappa shape index (κ2) is 8.64. The summed E-state index contributed by atoms with van der Waals surface area (Å²) in [5.74, 6) is 0.0914. The zero-order valence-electron chi connectivity index (χ0n) is 17.4. The molecule has 148 valence electrons. The molecule has 0 radical (unpaired) electrons. The van der Waals surface area contributed by atoms with Crippen LogP contribution in [0.2, 0.25) is 0 Å². The number of benzene rings is 2. The smallest absolute Gasteiger partial charge is 0.220 e. The van der Waals surface area contributed by atoms with Crippen molar-refractivity contribution in [2.75, 3.05) is 4.90 Å². The largest absolute Gasteiger partial charge is 0.351 e. The maximum Gasteiger partial charge on any atom is 0.220 e. The van der Waals surface area contributed by atoms with Crippen molar-refractivity contribution < 1.29 is 4.79 Å². The van der Waals surface area contributed by atoms with Crippen molar-refractivity contribution in [1.29, 1.82) is 0 Å². The highest BCUT2D eigenvalue weighted by Crippen LogP contribution is 2.31. The van der Waals surface area contributed by atoms with Crippen molar-refractivity contribution in [2.45, 2.75) is 65.0 Å². The fourth-order valence-electron chi connectivity index (χ4n) is 3.67. The summed E-state index contributed by atoms with van der Waals surface area (Å²) >= 11 is 0. The average Bonchev–Trinajstić information content (AvgIpc) is 2.67. The molecule has 1 amide bonds. The van der Waals surface area contributed by atoms with Crippen molar-refractivity contribution in [2.24, 2.45) is 0 Å². The van der Waals surface area contributed by atoms with Gasteiger partial charge < -0.3 is 10.2 Å². The molecule has 1 N–H and O–H groups in total. The molecule has 28 heavy (non-hydrogen) atoms. The molecule has 0 spiro atoms. The van der Waals surface area contributed by atoms with Gasteiger partial charge in [-0.25, -0.2) is 0 Å². The van der Waals surface area contributed by atoms with Gasteiger partial charge in [0, 0.05) is 29.9 Å². The summed E-state index contributed by atoms with van der Waals surface area (Å²) in [7, 11) is 0. The van der Waals surface area contributed by atoms with Crippen molar-refractivity contribution in [3.05, 3.63) is 77.5 Å². The van der Waals surface area contributed by atoms with Gasteiger partial charge in [0.15, 0.2) is 0 Å². The SMILES string of the molecule is C=C(CCC(=O)NC(C)(C)CC)N1Cc2ccccc2CCc2ccccc21. The maximum atomic E-state index is 12.4. The number of anilines is 1. The van der Waals surface area contributed by atoms with Crippen LogP contribution in [0.15, 0.2) is 60.8 Å². The second-order valence-electron chi connectivity index (χ2n) is 8.34. The number of aryl methyl sites for hydroxylation is 2. The van der Waals surface area contributed by atoms with Gasteiger partial charge in [-0.3, -0.25) is 4.79 Å². The Hall–Kier alpha value is -2.55. The summed E-state index contributed by atoms with van der Waals surface area (Å²) in [4.78, 5) is 14.7. The molecule has 1 aliphatic heterocycles.